The van der Waals surface area contributed by atoms with Crippen LogP contribution in [0.1, 0.15) is 93.7 Å². The third kappa shape index (κ3) is 4.33. The predicted molar refractivity (Wildman–Crippen MR) is 144 cm³/mol. The SMILES string of the molecule is Cc1cnc(NC(=O)CCC2C/C(=N\O)C3(C)CCC4c5cc(C(C)(C)C)c(O)cc5CCC4C23)s1. The Bertz CT molecular complexity index is 1200. The summed E-state index contributed by atoms with van der Waals surface area (Å²) in [6.45, 7) is 10.7. The highest BCUT2D eigenvalue weighted by Crippen LogP contribution is 2.62. The molecule has 2 fully saturated rings. The Kier molecular flexibility index (Phi) is 6.42. The standard InChI is InChI=1S/C29H39N3O3S/c1-16-15-30-27(36-16)31-25(34)9-7-18-13-24(32-35)29(5)11-10-19-20(26(18)29)8-6-17-12-23(33)22(14-21(17)19)28(2,3)4/h12,14-15,18-20,26,33,35H,6-11,13H2,1-5H3,(H,30,31,34)/b32-24+. The van der Waals surface area contributed by atoms with Crippen LogP contribution in [0.2, 0.25) is 0 Å². The van der Waals surface area contributed by atoms with Crippen LogP contribution in [-0.4, -0.2) is 26.9 Å². The monoisotopic (exact) mass is 509 g/mol. The van der Waals surface area contributed by atoms with E-state index in [4.69, 9.17) is 0 Å². The number of benzene rings is 1. The maximum absolute atomic E-state index is 12.7. The first-order chi connectivity index (χ1) is 17.0. The van der Waals surface area contributed by atoms with Gasteiger partial charge in [-0.05, 0) is 97.3 Å². The molecule has 5 unspecified atom stereocenters. The summed E-state index contributed by atoms with van der Waals surface area (Å²) in [5.74, 6) is 2.06. The van der Waals surface area contributed by atoms with Gasteiger partial charge in [0.15, 0.2) is 5.13 Å². The number of nitrogens with zero attached hydrogens (tertiary/aromatic N) is 2. The quantitative estimate of drug-likeness (QED) is 0.312. The highest BCUT2D eigenvalue weighted by Gasteiger charge is 2.57. The first kappa shape index (κ1) is 25.2. The molecule has 5 atom stereocenters. The van der Waals surface area contributed by atoms with Gasteiger partial charge in [0.1, 0.15) is 5.75 Å². The number of amides is 1. The molecule has 3 aliphatic rings. The van der Waals surface area contributed by atoms with E-state index >= 15 is 0 Å². The molecule has 0 bridgehead atoms. The predicted octanol–water partition coefficient (Wildman–Crippen LogP) is 6.79. The van der Waals surface area contributed by atoms with Crippen molar-refractivity contribution in [3.05, 3.63) is 39.9 Å². The maximum atomic E-state index is 12.7. The van der Waals surface area contributed by atoms with Crippen molar-refractivity contribution in [3.63, 3.8) is 0 Å². The topological polar surface area (TPSA) is 94.8 Å². The molecule has 194 valence electrons. The van der Waals surface area contributed by atoms with Crippen molar-refractivity contribution in [2.45, 2.75) is 90.9 Å². The molecular formula is C29H39N3O3S. The van der Waals surface area contributed by atoms with E-state index < -0.39 is 0 Å². The molecule has 3 aliphatic carbocycles. The normalized spacial score (nSPS) is 30.5. The number of carbonyl (C=O) groups is 1. The van der Waals surface area contributed by atoms with Gasteiger partial charge in [0.05, 0.1) is 5.71 Å². The molecule has 0 radical (unpaired) electrons. The van der Waals surface area contributed by atoms with E-state index in [1.807, 2.05) is 13.0 Å². The van der Waals surface area contributed by atoms with Crippen molar-refractivity contribution in [3.8, 4) is 5.75 Å². The van der Waals surface area contributed by atoms with Gasteiger partial charge >= 0.3 is 0 Å². The molecule has 0 aliphatic heterocycles. The minimum absolute atomic E-state index is 0.00656. The van der Waals surface area contributed by atoms with Crippen LogP contribution in [-0.2, 0) is 16.6 Å². The van der Waals surface area contributed by atoms with Crippen molar-refractivity contribution in [2.24, 2.45) is 28.3 Å². The van der Waals surface area contributed by atoms with Gasteiger partial charge in [-0.1, -0.05) is 38.9 Å². The zero-order valence-corrected chi connectivity index (χ0v) is 22.9. The number of fused-ring (bicyclic) bond motifs is 5. The van der Waals surface area contributed by atoms with Gasteiger partial charge in [-0.15, -0.1) is 11.3 Å². The lowest BCUT2D eigenvalue weighted by Crippen LogP contribution is -2.44. The Labute approximate surface area is 218 Å². The summed E-state index contributed by atoms with van der Waals surface area (Å²) in [6, 6.07) is 4.29. The van der Waals surface area contributed by atoms with Crippen LogP contribution in [0.15, 0.2) is 23.5 Å². The van der Waals surface area contributed by atoms with Gasteiger partial charge in [-0.2, -0.15) is 0 Å². The fourth-order valence-corrected chi connectivity index (χ4v) is 8.30. The maximum Gasteiger partial charge on any atom is 0.226 e. The minimum atomic E-state index is -0.120. The zero-order valence-electron chi connectivity index (χ0n) is 22.1. The summed E-state index contributed by atoms with van der Waals surface area (Å²) in [4.78, 5) is 18.1. The Morgan fingerprint density at radius 3 is 2.75 bits per heavy atom. The zero-order chi connectivity index (χ0) is 25.8. The summed E-state index contributed by atoms with van der Waals surface area (Å²) in [5, 5.41) is 28.1. The average Bonchev–Trinajstić information content (AvgIpc) is 3.35. The summed E-state index contributed by atoms with van der Waals surface area (Å²) >= 11 is 1.49. The summed E-state index contributed by atoms with van der Waals surface area (Å²) in [6.07, 6.45) is 7.87. The number of hydrogen-bond donors (Lipinski definition) is 3. The number of anilines is 1. The Hall–Kier alpha value is -2.41. The minimum Gasteiger partial charge on any atom is -0.508 e. The Morgan fingerprint density at radius 1 is 1.31 bits per heavy atom. The molecule has 2 saturated carbocycles. The average molecular weight is 510 g/mol. The number of aromatic nitrogens is 1. The first-order valence-electron chi connectivity index (χ1n) is 13.3. The second-order valence-corrected chi connectivity index (χ2v) is 13.7. The van der Waals surface area contributed by atoms with Gasteiger partial charge in [0, 0.05) is 22.9 Å². The second-order valence-electron chi connectivity index (χ2n) is 12.5. The third-order valence-electron chi connectivity index (χ3n) is 9.25. The highest BCUT2D eigenvalue weighted by atomic mass is 32.1. The van der Waals surface area contributed by atoms with E-state index in [-0.39, 0.29) is 16.7 Å². The molecule has 0 saturated heterocycles. The highest BCUT2D eigenvalue weighted by molar-refractivity contribution is 7.15. The van der Waals surface area contributed by atoms with Crippen molar-refractivity contribution >= 4 is 28.1 Å². The number of thiazole rings is 1. The molecule has 1 aromatic heterocycles. The molecule has 3 N–H and O–H groups in total. The van der Waals surface area contributed by atoms with Gasteiger partial charge in [-0.3, -0.25) is 4.79 Å². The summed E-state index contributed by atoms with van der Waals surface area (Å²) in [7, 11) is 0. The van der Waals surface area contributed by atoms with Gasteiger partial charge in [-0.25, -0.2) is 4.98 Å². The second kappa shape index (κ2) is 9.16. The van der Waals surface area contributed by atoms with Gasteiger partial charge < -0.3 is 15.6 Å². The van der Waals surface area contributed by atoms with Gasteiger partial charge in [0.2, 0.25) is 5.91 Å². The number of phenols is 1. The molecule has 1 amide bonds. The molecule has 1 heterocycles. The lowest BCUT2D eigenvalue weighted by atomic mass is 9.53. The number of aromatic hydroxyl groups is 1. The van der Waals surface area contributed by atoms with Crippen LogP contribution in [0.25, 0.3) is 0 Å². The van der Waals surface area contributed by atoms with Crippen molar-refractivity contribution < 1.29 is 15.1 Å². The number of phenolic OH excluding ortho intramolecular Hbond substituents is 1. The van der Waals surface area contributed by atoms with E-state index in [0.29, 0.717) is 41.0 Å². The number of nitrogens with one attached hydrogen (secondary N) is 1. The van der Waals surface area contributed by atoms with Crippen LogP contribution >= 0.6 is 11.3 Å². The fraction of sp³-hybridized carbons (Fsp3) is 0.621. The molecule has 0 spiro atoms. The number of carbonyl (C=O) groups excluding carboxylic acids is 1. The molecule has 6 nitrogen and oxygen atoms in total. The van der Waals surface area contributed by atoms with E-state index in [1.165, 1.54) is 22.5 Å². The van der Waals surface area contributed by atoms with Crippen LogP contribution in [0, 0.1) is 30.1 Å². The van der Waals surface area contributed by atoms with Crippen LogP contribution in [0.4, 0.5) is 5.13 Å². The lowest BCUT2D eigenvalue weighted by molar-refractivity contribution is -0.116. The van der Waals surface area contributed by atoms with E-state index in [2.05, 4.69) is 49.2 Å². The fourth-order valence-electron chi connectivity index (χ4n) is 7.62. The van der Waals surface area contributed by atoms with Crippen molar-refractivity contribution in [1.29, 1.82) is 0 Å². The molecule has 36 heavy (non-hydrogen) atoms. The number of rotatable bonds is 4. The van der Waals surface area contributed by atoms with Crippen molar-refractivity contribution in [2.75, 3.05) is 5.32 Å². The largest absolute Gasteiger partial charge is 0.508 e. The van der Waals surface area contributed by atoms with Gasteiger partial charge in [0.25, 0.3) is 0 Å². The molecule has 1 aromatic carbocycles. The van der Waals surface area contributed by atoms with Crippen LogP contribution in [0.5, 0.6) is 5.75 Å². The smallest absolute Gasteiger partial charge is 0.226 e. The van der Waals surface area contributed by atoms with Crippen LogP contribution in [0.3, 0.4) is 0 Å². The van der Waals surface area contributed by atoms with E-state index in [0.717, 1.165) is 54.7 Å². The number of aryl methyl sites for hydroxylation is 2. The molecule has 5 rings (SSSR count). The molecule has 2 aromatic rings. The first-order valence-corrected chi connectivity index (χ1v) is 14.1. The lowest BCUT2D eigenvalue weighted by Gasteiger charge is -2.50. The van der Waals surface area contributed by atoms with E-state index in [9.17, 15) is 15.1 Å². The van der Waals surface area contributed by atoms with Crippen LogP contribution < -0.4 is 5.32 Å². The van der Waals surface area contributed by atoms with Crippen molar-refractivity contribution in [1.82, 2.24) is 4.98 Å². The summed E-state index contributed by atoms with van der Waals surface area (Å²) < 4.78 is 0. The summed E-state index contributed by atoms with van der Waals surface area (Å²) in [5.41, 5.74) is 4.38. The number of hydrogen-bond acceptors (Lipinski definition) is 6. The Morgan fingerprint density at radius 2 is 2.08 bits per heavy atom. The molecule has 7 heteroatoms. The van der Waals surface area contributed by atoms with E-state index in [1.54, 1.807) is 6.20 Å². The third-order valence-corrected chi connectivity index (χ3v) is 10.1. The Balaban J connectivity index is 1.40. The number of oxime groups is 1. The molecular weight excluding hydrogens is 470 g/mol.